The van der Waals surface area contributed by atoms with Crippen molar-refractivity contribution in [2.24, 2.45) is 5.92 Å². The van der Waals surface area contributed by atoms with E-state index in [-0.39, 0.29) is 24.2 Å². The summed E-state index contributed by atoms with van der Waals surface area (Å²) in [6, 6.07) is 12.2. The molecule has 0 bridgehead atoms. The van der Waals surface area contributed by atoms with Gasteiger partial charge in [0.2, 0.25) is 0 Å². The first-order valence-electron chi connectivity index (χ1n) is 9.49. The van der Waals surface area contributed by atoms with Gasteiger partial charge < -0.3 is 14.5 Å². The molecule has 1 N–H and O–H groups in total. The average Bonchev–Trinajstić information content (AvgIpc) is 2.71. The van der Waals surface area contributed by atoms with E-state index in [2.05, 4.69) is 5.32 Å². The average molecular weight is 410 g/mol. The molecule has 0 radical (unpaired) electrons. The number of nitrogens with one attached hydrogen (secondary N) is 1. The van der Waals surface area contributed by atoms with Crippen molar-refractivity contribution in [1.82, 2.24) is 5.32 Å². The normalized spacial score (nSPS) is 12.0. The van der Waals surface area contributed by atoms with Crippen LogP contribution in [0.2, 0.25) is 0 Å². The van der Waals surface area contributed by atoms with Crippen molar-refractivity contribution < 1.29 is 18.9 Å². The third kappa shape index (κ3) is 4.83. The van der Waals surface area contributed by atoms with Gasteiger partial charge in [-0.25, -0.2) is 4.79 Å². The molecular weight excluding hydrogens is 388 g/mol. The smallest absolute Gasteiger partial charge is 0.336 e. The van der Waals surface area contributed by atoms with Crippen LogP contribution in [0.1, 0.15) is 20.8 Å². The van der Waals surface area contributed by atoms with E-state index in [1.807, 2.05) is 20.8 Å². The Bertz CT molecular complexity index is 1130. The standard InChI is InChI=1S/C22H22N2O6/c1-13(2)14(3)23-21(25)12-29-17-8-9-18-19(11-22(26)30-20(18)10-17)15-4-6-16(7-5-15)24(27)28/h4-11,13-14H,12H2,1-3H3,(H,23,25). The van der Waals surface area contributed by atoms with Gasteiger partial charge in [-0.15, -0.1) is 0 Å². The van der Waals surface area contributed by atoms with E-state index < -0.39 is 10.5 Å². The molecule has 1 amide bonds. The highest BCUT2D eigenvalue weighted by Crippen LogP contribution is 2.30. The maximum absolute atomic E-state index is 12.0. The number of non-ortho nitro benzene ring substituents is 1. The van der Waals surface area contributed by atoms with Crippen LogP contribution in [0.25, 0.3) is 22.1 Å². The number of hydrogen-bond donors (Lipinski definition) is 1. The molecule has 8 nitrogen and oxygen atoms in total. The van der Waals surface area contributed by atoms with Crippen LogP contribution in [-0.4, -0.2) is 23.5 Å². The van der Waals surface area contributed by atoms with E-state index in [1.54, 1.807) is 30.3 Å². The molecule has 1 heterocycles. The molecule has 2 aromatic carbocycles. The van der Waals surface area contributed by atoms with Crippen molar-refractivity contribution >= 4 is 22.6 Å². The maximum Gasteiger partial charge on any atom is 0.336 e. The Balaban J connectivity index is 1.84. The first kappa shape index (κ1) is 21.0. The van der Waals surface area contributed by atoms with Gasteiger partial charge in [0, 0.05) is 35.7 Å². The van der Waals surface area contributed by atoms with Crippen molar-refractivity contribution in [3.05, 3.63) is 69.1 Å². The summed E-state index contributed by atoms with van der Waals surface area (Å²) in [5.41, 5.74) is 0.938. The molecule has 3 aromatic rings. The molecule has 0 aliphatic heterocycles. The number of benzene rings is 2. The molecular formula is C22H22N2O6. The van der Waals surface area contributed by atoms with Crippen LogP contribution in [0.4, 0.5) is 5.69 Å². The lowest BCUT2D eigenvalue weighted by molar-refractivity contribution is -0.384. The third-order valence-corrected chi connectivity index (χ3v) is 4.86. The van der Waals surface area contributed by atoms with E-state index in [1.165, 1.54) is 18.2 Å². The second-order valence-electron chi connectivity index (χ2n) is 7.33. The number of amides is 1. The number of carbonyl (C=O) groups excluding carboxylic acids is 1. The van der Waals surface area contributed by atoms with Crippen molar-refractivity contribution in [2.45, 2.75) is 26.8 Å². The molecule has 1 atom stereocenters. The Morgan fingerprint density at radius 3 is 2.47 bits per heavy atom. The summed E-state index contributed by atoms with van der Waals surface area (Å²) < 4.78 is 10.8. The number of carbonyl (C=O) groups is 1. The fraction of sp³-hybridized carbons (Fsp3) is 0.273. The fourth-order valence-electron chi connectivity index (χ4n) is 2.85. The van der Waals surface area contributed by atoms with E-state index in [4.69, 9.17) is 9.15 Å². The Labute approximate surface area is 172 Å². The molecule has 156 valence electrons. The minimum absolute atomic E-state index is 0.0278. The summed E-state index contributed by atoms with van der Waals surface area (Å²) in [4.78, 5) is 34.4. The van der Waals surface area contributed by atoms with Gasteiger partial charge in [0.1, 0.15) is 11.3 Å². The van der Waals surface area contributed by atoms with Gasteiger partial charge in [-0.1, -0.05) is 13.8 Å². The lowest BCUT2D eigenvalue weighted by Gasteiger charge is -2.17. The van der Waals surface area contributed by atoms with Crippen molar-refractivity contribution in [2.75, 3.05) is 6.61 Å². The largest absolute Gasteiger partial charge is 0.484 e. The summed E-state index contributed by atoms with van der Waals surface area (Å²) in [6.45, 7) is 5.79. The molecule has 0 saturated heterocycles. The van der Waals surface area contributed by atoms with Crippen molar-refractivity contribution in [3.63, 3.8) is 0 Å². The second kappa shape index (κ2) is 8.77. The molecule has 3 rings (SSSR count). The number of nitro groups is 1. The molecule has 0 saturated carbocycles. The van der Waals surface area contributed by atoms with E-state index in [0.717, 1.165) is 0 Å². The zero-order valence-corrected chi connectivity index (χ0v) is 16.9. The Morgan fingerprint density at radius 2 is 1.83 bits per heavy atom. The van der Waals surface area contributed by atoms with Crippen LogP contribution in [0, 0.1) is 16.0 Å². The predicted octanol–water partition coefficient (Wildman–Crippen LogP) is 3.91. The molecule has 8 heteroatoms. The molecule has 0 aliphatic carbocycles. The highest BCUT2D eigenvalue weighted by atomic mass is 16.6. The van der Waals surface area contributed by atoms with Crippen molar-refractivity contribution in [1.29, 1.82) is 0 Å². The number of ether oxygens (including phenoxy) is 1. The van der Waals surface area contributed by atoms with Crippen LogP contribution in [0.5, 0.6) is 5.75 Å². The zero-order valence-electron chi connectivity index (χ0n) is 16.9. The summed E-state index contributed by atoms with van der Waals surface area (Å²) in [7, 11) is 0. The Kier molecular flexibility index (Phi) is 6.15. The molecule has 1 aromatic heterocycles. The second-order valence-corrected chi connectivity index (χ2v) is 7.33. The molecule has 30 heavy (non-hydrogen) atoms. The lowest BCUT2D eigenvalue weighted by Crippen LogP contribution is -2.38. The molecule has 0 fully saturated rings. The molecule has 0 aliphatic rings. The van der Waals surface area contributed by atoms with Gasteiger partial charge >= 0.3 is 5.63 Å². The van der Waals surface area contributed by atoms with Crippen LogP contribution < -0.4 is 15.7 Å². The highest BCUT2D eigenvalue weighted by Gasteiger charge is 2.13. The number of fused-ring (bicyclic) bond motifs is 1. The van der Waals surface area contributed by atoms with E-state index in [0.29, 0.717) is 33.8 Å². The predicted molar refractivity (Wildman–Crippen MR) is 113 cm³/mol. The van der Waals surface area contributed by atoms with E-state index in [9.17, 15) is 19.7 Å². The summed E-state index contributed by atoms with van der Waals surface area (Å²) >= 11 is 0. The SMILES string of the molecule is CC(C)C(C)NC(=O)COc1ccc2c(-c3ccc([N+](=O)[O-])cc3)cc(=O)oc2c1. The number of nitro benzene ring substituents is 1. The van der Waals surface area contributed by atoms with Gasteiger partial charge in [-0.2, -0.15) is 0 Å². The first-order chi connectivity index (χ1) is 14.2. The third-order valence-electron chi connectivity index (χ3n) is 4.86. The monoisotopic (exact) mass is 410 g/mol. The van der Waals surface area contributed by atoms with E-state index >= 15 is 0 Å². The van der Waals surface area contributed by atoms with Gasteiger partial charge in [-0.05, 0) is 48.2 Å². The van der Waals surface area contributed by atoms with Crippen LogP contribution in [0.15, 0.2) is 57.7 Å². The molecule has 0 spiro atoms. The Morgan fingerprint density at radius 1 is 1.13 bits per heavy atom. The first-order valence-corrected chi connectivity index (χ1v) is 9.49. The van der Waals surface area contributed by atoms with Crippen LogP contribution >= 0.6 is 0 Å². The van der Waals surface area contributed by atoms with Gasteiger partial charge in [0.05, 0.1) is 4.92 Å². The summed E-state index contributed by atoms with van der Waals surface area (Å²) in [5, 5.41) is 14.4. The van der Waals surface area contributed by atoms with Gasteiger partial charge in [0.15, 0.2) is 6.61 Å². The zero-order chi connectivity index (χ0) is 21.8. The molecule has 1 unspecified atom stereocenters. The van der Waals surface area contributed by atoms with Crippen molar-refractivity contribution in [3.8, 4) is 16.9 Å². The van der Waals surface area contributed by atoms with Gasteiger partial charge in [0.25, 0.3) is 11.6 Å². The number of rotatable bonds is 7. The van der Waals surface area contributed by atoms with Crippen LogP contribution in [-0.2, 0) is 4.79 Å². The highest BCUT2D eigenvalue weighted by molar-refractivity contribution is 5.94. The minimum Gasteiger partial charge on any atom is -0.484 e. The van der Waals surface area contributed by atoms with Crippen LogP contribution in [0.3, 0.4) is 0 Å². The fourth-order valence-corrected chi connectivity index (χ4v) is 2.85. The number of hydrogen-bond acceptors (Lipinski definition) is 6. The Hall–Kier alpha value is -3.68. The summed E-state index contributed by atoms with van der Waals surface area (Å²) in [6.07, 6.45) is 0. The number of nitrogens with zero attached hydrogens (tertiary/aromatic N) is 1. The minimum atomic E-state index is -0.559. The lowest BCUT2D eigenvalue weighted by atomic mass is 10.0. The topological polar surface area (TPSA) is 112 Å². The quantitative estimate of drug-likeness (QED) is 0.359. The van der Waals surface area contributed by atoms with Gasteiger partial charge in [-0.3, -0.25) is 14.9 Å². The summed E-state index contributed by atoms with van der Waals surface area (Å²) in [5.74, 6) is 0.456. The maximum atomic E-state index is 12.0.